The highest BCUT2D eigenvalue weighted by Gasteiger charge is 2.41. The summed E-state index contributed by atoms with van der Waals surface area (Å²) in [5.74, 6) is 0.801. The van der Waals surface area contributed by atoms with Crippen molar-refractivity contribution < 1.29 is 0 Å². The number of nitrogens with one attached hydrogen (secondary N) is 1. The van der Waals surface area contributed by atoms with Crippen molar-refractivity contribution in [3.63, 3.8) is 0 Å². The van der Waals surface area contributed by atoms with Gasteiger partial charge in [-0.2, -0.15) is 4.80 Å². The minimum absolute atomic E-state index is 0.0864. The summed E-state index contributed by atoms with van der Waals surface area (Å²) in [6.45, 7) is 1.90. The van der Waals surface area contributed by atoms with Crippen LogP contribution in [0.25, 0.3) is 0 Å². The molecular formula is C12H14BrN5. The van der Waals surface area contributed by atoms with Gasteiger partial charge in [-0.05, 0) is 16.8 Å². The van der Waals surface area contributed by atoms with E-state index in [1.54, 1.807) is 7.05 Å². The Morgan fingerprint density at radius 1 is 1.39 bits per heavy atom. The average Bonchev–Trinajstić information content (AvgIpc) is 2.71. The maximum absolute atomic E-state index is 4.28. The molecule has 1 aliphatic rings. The summed E-state index contributed by atoms with van der Waals surface area (Å²) in [7, 11) is 1.79. The van der Waals surface area contributed by atoms with E-state index in [1.807, 2.05) is 6.07 Å². The van der Waals surface area contributed by atoms with Crippen LogP contribution in [0, 0.1) is 0 Å². The van der Waals surface area contributed by atoms with Gasteiger partial charge in [0.25, 0.3) is 0 Å². The van der Waals surface area contributed by atoms with Gasteiger partial charge >= 0.3 is 0 Å². The summed E-state index contributed by atoms with van der Waals surface area (Å²) >= 11 is 3.64. The van der Waals surface area contributed by atoms with E-state index in [9.17, 15) is 0 Å². The van der Waals surface area contributed by atoms with E-state index >= 15 is 0 Å². The van der Waals surface area contributed by atoms with Gasteiger partial charge in [0.05, 0.1) is 7.05 Å². The van der Waals surface area contributed by atoms with Crippen molar-refractivity contribution in [1.29, 1.82) is 0 Å². The second-order valence-electron chi connectivity index (χ2n) is 4.74. The molecule has 1 fully saturated rings. The van der Waals surface area contributed by atoms with Crippen LogP contribution in [0.3, 0.4) is 0 Å². The third-order valence-electron chi connectivity index (χ3n) is 3.42. The van der Waals surface area contributed by atoms with Gasteiger partial charge in [0, 0.05) is 29.4 Å². The number of nitrogens with zero attached hydrogens (tertiary/aromatic N) is 4. The first kappa shape index (κ1) is 11.8. The Balaban J connectivity index is 1.93. The van der Waals surface area contributed by atoms with Crippen LogP contribution in [0.2, 0.25) is 0 Å². The molecule has 18 heavy (non-hydrogen) atoms. The van der Waals surface area contributed by atoms with E-state index < -0.39 is 0 Å². The zero-order valence-corrected chi connectivity index (χ0v) is 11.7. The molecule has 1 aromatic carbocycles. The molecule has 1 saturated heterocycles. The summed E-state index contributed by atoms with van der Waals surface area (Å²) in [6, 6.07) is 8.36. The molecule has 94 valence electrons. The smallest absolute Gasteiger partial charge is 0.175 e. The SMILES string of the molecule is Cn1nnc(CC2(c3ccccc3Br)CNC2)n1. The van der Waals surface area contributed by atoms with Gasteiger partial charge in [-0.3, -0.25) is 0 Å². The molecule has 0 bridgehead atoms. The van der Waals surface area contributed by atoms with Gasteiger partial charge in [-0.15, -0.1) is 10.2 Å². The first-order valence-corrected chi connectivity index (χ1v) is 6.68. The van der Waals surface area contributed by atoms with Crippen LogP contribution in [-0.4, -0.2) is 33.3 Å². The number of halogens is 1. The van der Waals surface area contributed by atoms with Crippen molar-refractivity contribution in [2.45, 2.75) is 11.8 Å². The monoisotopic (exact) mass is 307 g/mol. The first-order chi connectivity index (χ1) is 8.70. The van der Waals surface area contributed by atoms with Gasteiger partial charge in [-0.25, -0.2) is 0 Å². The van der Waals surface area contributed by atoms with E-state index in [1.165, 1.54) is 10.4 Å². The fourth-order valence-electron chi connectivity index (χ4n) is 2.43. The van der Waals surface area contributed by atoms with Gasteiger partial charge in [-0.1, -0.05) is 34.1 Å². The lowest BCUT2D eigenvalue weighted by Crippen LogP contribution is -2.58. The summed E-state index contributed by atoms with van der Waals surface area (Å²) < 4.78 is 1.15. The summed E-state index contributed by atoms with van der Waals surface area (Å²) in [5, 5.41) is 15.6. The normalized spacial score (nSPS) is 17.4. The largest absolute Gasteiger partial charge is 0.315 e. The molecule has 3 rings (SSSR count). The molecule has 2 heterocycles. The fraction of sp³-hybridized carbons (Fsp3) is 0.417. The maximum atomic E-state index is 4.28. The molecule has 6 heteroatoms. The van der Waals surface area contributed by atoms with Crippen molar-refractivity contribution in [2.75, 3.05) is 13.1 Å². The third-order valence-corrected chi connectivity index (χ3v) is 4.11. The third kappa shape index (κ3) is 1.95. The Morgan fingerprint density at radius 3 is 2.72 bits per heavy atom. The van der Waals surface area contributed by atoms with Crippen molar-refractivity contribution in [1.82, 2.24) is 25.5 Å². The molecule has 1 aromatic heterocycles. The summed E-state index contributed by atoms with van der Waals surface area (Å²) in [6.07, 6.45) is 0.816. The van der Waals surface area contributed by atoms with Crippen LogP contribution in [0.5, 0.6) is 0 Å². The number of hydrogen-bond donors (Lipinski definition) is 1. The molecule has 0 atom stereocenters. The molecule has 5 nitrogen and oxygen atoms in total. The second-order valence-corrected chi connectivity index (χ2v) is 5.59. The minimum Gasteiger partial charge on any atom is -0.315 e. The Hall–Kier alpha value is -1.27. The lowest BCUT2D eigenvalue weighted by atomic mass is 9.72. The predicted octanol–water partition coefficient (Wildman–Crippen LogP) is 1.06. The van der Waals surface area contributed by atoms with E-state index in [0.29, 0.717) is 0 Å². The molecule has 0 aliphatic carbocycles. The second kappa shape index (κ2) is 4.44. The lowest BCUT2D eigenvalue weighted by Gasteiger charge is -2.43. The number of hydrogen-bond acceptors (Lipinski definition) is 4. The van der Waals surface area contributed by atoms with Crippen molar-refractivity contribution in [2.24, 2.45) is 7.05 Å². The van der Waals surface area contributed by atoms with E-state index in [4.69, 9.17) is 0 Å². The number of aryl methyl sites for hydroxylation is 1. The van der Waals surface area contributed by atoms with Gasteiger partial charge < -0.3 is 5.32 Å². The van der Waals surface area contributed by atoms with Gasteiger partial charge in [0.1, 0.15) is 0 Å². The van der Waals surface area contributed by atoms with Gasteiger partial charge in [0.2, 0.25) is 0 Å². The Morgan fingerprint density at radius 2 is 2.17 bits per heavy atom. The Kier molecular flexibility index (Phi) is 2.91. The van der Waals surface area contributed by atoms with E-state index in [2.05, 4.69) is 54.9 Å². The van der Waals surface area contributed by atoms with Crippen molar-refractivity contribution in [3.05, 3.63) is 40.1 Å². The minimum atomic E-state index is 0.0864. The molecule has 0 spiro atoms. The van der Waals surface area contributed by atoms with Crippen LogP contribution < -0.4 is 5.32 Å². The Bertz CT molecular complexity index is 561. The van der Waals surface area contributed by atoms with Crippen LogP contribution in [-0.2, 0) is 18.9 Å². The Labute approximate surface area is 114 Å². The summed E-state index contributed by atoms with van der Waals surface area (Å²) in [4.78, 5) is 1.51. The number of benzene rings is 1. The maximum Gasteiger partial charge on any atom is 0.175 e. The highest BCUT2D eigenvalue weighted by atomic mass is 79.9. The number of aromatic nitrogens is 4. The molecule has 0 radical (unpaired) electrons. The molecule has 0 saturated carbocycles. The van der Waals surface area contributed by atoms with Crippen LogP contribution in [0.1, 0.15) is 11.4 Å². The van der Waals surface area contributed by atoms with E-state index in [-0.39, 0.29) is 5.41 Å². The molecule has 0 amide bonds. The topological polar surface area (TPSA) is 55.6 Å². The standard InChI is InChI=1S/C12H14BrN5/c1-18-16-11(15-17-18)6-12(7-14-8-12)9-4-2-3-5-10(9)13/h2-5,14H,6-8H2,1H3. The molecule has 1 N–H and O–H groups in total. The van der Waals surface area contributed by atoms with E-state index in [0.717, 1.165) is 29.8 Å². The molecule has 2 aromatic rings. The van der Waals surface area contributed by atoms with Crippen LogP contribution in [0.4, 0.5) is 0 Å². The zero-order chi connectivity index (χ0) is 12.6. The quantitative estimate of drug-likeness (QED) is 0.921. The highest BCUT2D eigenvalue weighted by Crippen LogP contribution is 2.36. The van der Waals surface area contributed by atoms with Gasteiger partial charge in [0.15, 0.2) is 5.82 Å². The lowest BCUT2D eigenvalue weighted by molar-refractivity contribution is 0.269. The van der Waals surface area contributed by atoms with Crippen molar-refractivity contribution >= 4 is 15.9 Å². The molecular weight excluding hydrogens is 294 g/mol. The summed E-state index contributed by atoms with van der Waals surface area (Å²) in [5.41, 5.74) is 1.40. The number of tetrazole rings is 1. The fourth-order valence-corrected chi connectivity index (χ4v) is 3.13. The predicted molar refractivity (Wildman–Crippen MR) is 71.2 cm³/mol. The molecule has 0 unspecified atom stereocenters. The number of rotatable bonds is 3. The van der Waals surface area contributed by atoms with Crippen LogP contribution >= 0.6 is 15.9 Å². The molecule has 1 aliphatic heterocycles. The zero-order valence-electron chi connectivity index (χ0n) is 10.1. The first-order valence-electron chi connectivity index (χ1n) is 5.88. The average molecular weight is 308 g/mol. The van der Waals surface area contributed by atoms with Crippen LogP contribution in [0.15, 0.2) is 28.7 Å². The van der Waals surface area contributed by atoms with Crippen molar-refractivity contribution in [3.8, 4) is 0 Å². The highest BCUT2D eigenvalue weighted by molar-refractivity contribution is 9.10.